The smallest absolute Gasteiger partial charge is 0.333 e. The van der Waals surface area contributed by atoms with Gasteiger partial charge in [0.05, 0.1) is 11.6 Å². The van der Waals surface area contributed by atoms with E-state index in [2.05, 4.69) is 11.4 Å². The largest absolute Gasteiger partial charge is 0.489 e. The van der Waals surface area contributed by atoms with Crippen LogP contribution in [0.25, 0.3) is 0 Å². The second-order valence-corrected chi connectivity index (χ2v) is 7.20. The Morgan fingerprint density at radius 1 is 1.07 bits per heavy atom. The molecule has 0 heterocycles. The minimum absolute atomic E-state index is 0.339. The summed E-state index contributed by atoms with van der Waals surface area (Å²) in [7, 11) is 0. The molecule has 1 atom stereocenters. The molecule has 3 rings (SSSR count). The number of carboxylic acids is 1. The van der Waals surface area contributed by atoms with E-state index in [0.29, 0.717) is 29.2 Å². The minimum atomic E-state index is -1.43. The van der Waals surface area contributed by atoms with Crippen LogP contribution < -0.4 is 10.1 Å². The van der Waals surface area contributed by atoms with Crippen molar-refractivity contribution >= 4 is 11.7 Å². The molecule has 152 valence electrons. The average molecular weight is 400 g/mol. The number of rotatable bonds is 8. The number of carboxylic acid groups (broad SMARTS) is 1. The number of aliphatic carboxylic acids is 1. The third kappa shape index (κ3) is 4.61. The molecule has 0 radical (unpaired) electrons. The van der Waals surface area contributed by atoms with E-state index >= 15 is 0 Å². The minimum Gasteiger partial charge on any atom is -0.489 e. The Morgan fingerprint density at radius 3 is 2.37 bits per heavy atom. The first-order valence-corrected chi connectivity index (χ1v) is 9.78. The molecule has 3 aromatic carbocycles. The maximum Gasteiger partial charge on any atom is 0.333 e. The SMILES string of the molecule is CCc1ccc(OCc2ccccc2)c(C(C)(Nc2ccc(C#N)cc2)C(=O)O)c1. The van der Waals surface area contributed by atoms with Gasteiger partial charge in [0.1, 0.15) is 12.4 Å². The van der Waals surface area contributed by atoms with E-state index in [1.165, 1.54) is 0 Å². The lowest BCUT2D eigenvalue weighted by Crippen LogP contribution is -2.41. The van der Waals surface area contributed by atoms with Crippen molar-refractivity contribution in [1.29, 1.82) is 5.26 Å². The first kappa shape index (κ1) is 20.9. The van der Waals surface area contributed by atoms with Crippen LogP contribution in [0.15, 0.2) is 72.8 Å². The molecule has 30 heavy (non-hydrogen) atoms. The van der Waals surface area contributed by atoms with Crippen molar-refractivity contribution in [1.82, 2.24) is 0 Å². The lowest BCUT2D eigenvalue weighted by Gasteiger charge is -2.30. The molecule has 0 saturated heterocycles. The summed E-state index contributed by atoms with van der Waals surface area (Å²) >= 11 is 0. The highest BCUT2D eigenvalue weighted by Crippen LogP contribution is 2.35. The highest BCUT2D eigenvalue weighted by molar-refractivity contribution is 5.85. The van der Waals surface area contributed by atoms with Crippen LogP contribution in [-0.4, -0.2) is 11.1 Å². The fourth-order valence-electron chi connectivity index (χ4n) is 3.20. The molecule has 0 aliphatic rings. The zero-order valence-electron chi connectivity index (χ0n) is 17.1. The topological polar surface area (TPSA) is 82.3 Å². The normalized spacial score (nSPS) is 12.4. The number of ether oxygens (including phenoxy) is 1. The zero-order chi connectivity index (χ0) is 21.6. The summed E-state index contributed by atoms with van der Waals surface area (Å²) in [5, 5.41) is 22.3. The van der Waals surface area contributed by atoms with Crippen molar-refractivity contribution < 1.29 is 14.6 Å². The maximum atomic E-state index is 12.4. The van der Waals surface area contributed by atoms with Crippen LogP contribution in [0.1, 0.15) is 36.1 Å². The number of anilines is 1. The Morgan fingerprint density at radius 2 is 1.77 bits per heavy atom. The fourth-order valence-corrected chi connectivity index (χ4v) is 3.20. The van der Waals surface area contributed by atoms with Crippen LogP contribution in [0.5, 0.6) is 5.75 Å². The molecule has 0 bridgehead atoms. The number of nitriles is 1. The average Bonchev–Trinajstić information content (AvgIpc) is 2.78. The van der Waals surface area contributed by atoms with Gasteiger partial charge >= 0.3 is 5.97 Å². The van der Waals surface area contributed by atoms with Crippen molar-refractivity contribution in [2.24, 2.45) is 0 Å². The summed E-state index contributed by atoms with van der Waals surface area (Å²) in [4.78, 5) is 12.4. The fraction of sp³-hybridized carbons (Fsp3) is 0.200. The first-order valence-electron chi connectivity index (χ1n) is 9.78. The molecule has 5 heteroatoms. The van der Waals surface area contributed by atoms with E-state index in [0.717, 1.165) is 17.5 Å². The summed E-state index contributed by atoms with van der Waals surface area (Å²) in [6.45, 7) is 3.99. The number of nitrogens with zero attached hydrogens (tertiary/aromatic N) is 1. The number of benzene rings is 3. The van der Waals surface area contributed by atoms with Gasteiger partial charge in [-0.3, -0.25) is 0 Å². The van der Waals surface area contributed by atoms with Gasteiger partial charge in [0, 0.05) is 11.3 Å². The molecule has 0 aliphatic heterocycles. The van der Waals surface area contributed by atoms with Gasteiger partial charge in [0.2, 0.25) is 0 Å². The van der Waals surface area contributed by atoms with Gasteiger partial charge in [0.15, 0.2) is 5.54 Å². The predicted octanol–water partition coefficient (Wildman–Crippen LogP) is 5.11. The summed E-state index contributed by atoms with van der Waals surface area (Å²) in [6, 6.07) is 24.2. The molecule has 0 fully saturated rings. The second kappa shape index (κ2) is 9.15. The van der Waals surface area contributed by atoms with Gasteiger partial charge in [-0.15, -0.1) is 0 Å². The van der Waals surface area contributed by atoms with E-state index in [-0.39, 0.29) is 0 Å². The number of hydrogen-bond acceptors (Lipinski definition) is 4. The van der Waals surface area contributed by atoms with Crippen LogP contribution in [0.4, 0.5) is 5.69 Å². The van der Waals surface area contributed by atoms with Crippen LogP contribution in [-0.2, 0) is 23.4 Å². The van der Waals surface area contributed by atoms with Crippen molar-refractivity contribution in [3.8, 4) is 11.8 Å². The number of hydrogen-bond donors (Lipinski definition) is 2. The lowest BCUT2D eigenvalue weighted by atomic mass is 9.89. The maximum absolute atomic E-state index is 12.4. The quantitative estimate of drug-likeness (QED) is 0.549. The third-order valence-electron chi connectivity index (χ3n) is 5.06. The molecule has 0 saturated carbocycles. The predicted molar refractivity (Wildman–Crippen MR) is 116 cm³/mol. The Balaban J connectivity index is 1.98. The molecule has 0 spiro atoms. The second-order valence-electron chi connectivity index (χ2n) is 7.20. The van der Waals surface area contributed by atoms with E-state index in [1.807, 2.05) is 55.5 Å². The lowest BCUT2D eigenvalue weighted by molar-refractivity contribution is -0.142. The molecule has 0 amide bonds. The highest BCUT2D eigenvalue weighted by atomic mass is 16.5. The van der Waals surface area contributed by atoms with E-state index in [4.69, 9.17) is 10.00 Å². The van der Waals surface area contributed by atoms with Crippen LogP contribution in [0, 0.1) is 11.3 Å². The Bertz CT molecular complexity index is 1060. The van der Waals surface area contributed by atoms with Gasteiger partial charge in [-0.1, -0.05) is 43.3 Å². The zero-order valence-corrected chi connectivity index (χ0v) is 17.1. The Kier molecular flexibility index (Phi) is 6.38. The Hall–Kier alpha value is -3.78. The van der Waals surface area contributed by atoms with Crippen molar-refractivity contribution in [3.63, 3.8) is 0 Å². The molecule has 0 aliphatic carbocycles. The van der Waals surface area contributed by atoms with E-state index in [1.54, 1.807) is 31.2 Å². The van der Waals surface area contributed by atoms with Gasteiger partial charge in [-0.25, -0.2) is 4.79 Å². The van der Waals surface area contributed by atoms with Crippen molar-refractivity contribution in [2.45, 2.75) is 32.4 Å². The molecular weight excluding hydrogens is 376 g/mol. The monoisotopic (exact) mass is 400 g/mol. The molecule has 0 aromatic heterocycles. The highest BCUT2D eigenvalue weighted by Gasteiger charge is 2.38. The molecule has 1 unspecified atom stereocenters. The number of aryl methyl sites for hydroxylation is 1. The van der Waals surface area contributed by atoms with E-state index in [9.17, 15) is 9.90 Å². The van der Waals surface area contributed by atoms with Crippen molar-refractivity contribution in [2.75, 3.05) is 5.32 Å². The van der Waals surface area contributed by atoms with Gasteiger partial charge < -0.3 is 15.2 Å². The molecule has 5 nitrogen and oxygen atoms in total. The first-order chi connectivity index (χ1) is 14.5. The summed E-state index contributed by atoms with van der Waals surface area (Å²) < 4.78 is 6.05. The number of carbonyl (C=O) groups is 1. The van der Waals surface area contributed by atoms with E-state index < -0.39 is 11.5 Å². The molecule has 2 N–H and O–H groups in total. The van der Waals surface area contributed by atoms with Gasteiger partial charge in [-0.05, 0) is 60.9 Å². The molecular formula is C25H24N2O3. The van der Waals surface area contributed by atoms with Crippen molar-refractivity contribution in [3.05, 3.63) is 95.1 Å². The van der Waals surface area contributed by atoms with Crippen LogP contribution in [0.3, 0.4) is 0 Å². The molecule has 3 aromatic rings. The summed E-state index contributed by atoms with van der Waals surface area (Å²) in [5.74, 6) is -0.508. The third-order valence-corrected chi connectivity index (χ3v) is 5.06. The Labute approximate surface area is 176 Å². The summed E-state index contributed by atoms with van der Waals surface area (Å²) in [6.07, 6.45) is 0.776. The van der Waals surface area contributed by atoms with Crippen LogP contribution in [0.2, 0.25) is 0 Å². The van der Waals surface area contributed by atoms with Gasteiger partial charge in [0.25, 0.3) is 0 Å². The number of nitrogens with one attached hydrogen (secondary N) is 1. The van der Waals surface area contributed by atoms with Gasteiger partial charge in [-0.2, -0.15) is 5.26 Å². The van der Waals surface area contributed by atoms with Crippen LogP contribution >= 0.6 is 0 Å². The standard InChI is InChI=1S/C25H24N2O3/c1-3-18-11-14-23(30-17-20-7-5-4-6-8-20)22(15-18)25(2,24(28)29)27-21-12-9-19(16-26)10-13-21/h4-15,27H,3,17H2,1-2H3,(H,28,29). The summed E-state index contributed by atoms with van der Waals surface area (Å²) in [5.41, 5.74) is 2.26.